The Hall–Kier alpha value is -1.40. The molecular weight excluding hydrogens is 215 g/mol. The monoisotopic (exact) mass is 232 g/mol. The Balaban J connectivity index is 2.07. The van der Waals surface area contributed by atoms with Gasteiger partial charge < -0.3 is 0 Å². The number of rotatable bonds is 3. The SMILES string of the molecule is CN(Cc1cc(F)cc(C#N)c1)C1CCCC1. The molecule has 0 spiro atoms. The third kappa shape index (κ3) is 3.04. The van der Waals surface area contributed by atoms with E-state index >= 15 is 0 Å². The molecule has 3 heteroatoms. The lowest BCUT2D eigenvalue weighted by molar-refractivity contribution is 0.237. The molecule has 0 saturated heterocycles. The maximum absolute atomic E-state index is 13.3. The fraction of sp³-hybridized carbons (Fsp3) is 0.500. The van der Waals surface area contributed by atoms with Crippen LogP contribution in [0.5, 0.6) is 0 Å². The van der Waals surface area contributed by atoms with Gasteiger partial charge in [-0.1, -0.05) is 12.8 Å². The van der Waals surface area contributed by atoms with Gasteiger partial charge in [-0.3, -0.25) is 4.90 Å². The second-order valence-corrected chi connectivity index (χ2v) is 4.81. The lowest BCUT2D eigenvalue weighted by Gasteiger charge is -2.24. The summed E-state index contributed by atoms with van der Waals surface area (Å²) in [4.78, 5) is 2.27. The molecule has 0 aromatic heterocycles. The van der Waals surface area contributed by atoms with Crippen LogP contribution in [0, 0.1) is 17.1 Å². The number of halogens is 1. The van der Waals surface area contributed by atoms with E-state index in [9.17, 15) is 4.39 Å². The van der Waals surface area contributed by atoms with Crippen LogP contribution < -0.4 is 0 Å². The van der Waals surface area contributed by atoms with Gasteiger partial charge in [-0.15, -0.1) is 0 Å². The Morgan fingerprint density at radius 2 is 2.06 bits per heavy atom. The summed E-state index contributed by atoms with van der Waals surface area (Å²) in [6.07, 6.45) is 5.05. The van der Waals surface area contributed by atoms with Gasteiger partial charge in [0.25, 0.3) is 0 Å². The summed E-state index contributed by atoms with van der Waals surface area (Å²) in [7, 11) is 2.08. The van der Waals surface area contributed by atoms with E-state index in [-0.39, 0.29) is 5.82 Å². The summed E-state index contributed by atoms with van der Waals surface area (Å²) in [5.41, 5.74) is 1.29. The molecule has 0 amide bonds. The van der Waals surface area contributed by atoms with Crippen LogP contribution in [0.4, 0.5) is 4.39 Å². The molecule has 0 bridgehead atoms. The minimum atomic E-state index is -0.320. The Labute approximate surface area is 102 Å². The van der Waals surface area contributed by atoms with E-state index in [4.69, 9.17) is 5.26 Å². The highest BCUT2D eigenvalue weighted by atomic mass is 19.1. The average molecular weight is 232 g/mol. The largest absolute Gasteiger partial charge is 0.299 e. The molecule has 1 aliphatic rings. The second kappa shape index (κ2) is 5.29. The van der Waals surface area contributed by atoms with E-state index in [0.717, 1.165) is 12.1 Å². The third-order valence-electron chi connectivity index (χ3n) is 3.47. The maximum Gasteiger partial charge on any atom is 0.124 e. The first-order valence-electron chi connectivity index (χ1n) is 6.09. The topological polar surface area (TPSA) is 27.0 Å². The highest BCUT2D eigenvalue weighted by molar-refractivity contribution is 5.33. The quantitative estimate of drug-likeness (QED) is 0.800. The summed E-state index contributed by atoms with van der Waals surface area (Å²) >= 11 is 0. The van der Waals surface area contributed by atoms with E-state index in [2.05, 4.69) is 11.9 Å². The van der Waals surface area contributed by atoms with Crippen molar-refractivity contribution in [3.8, 4) is 6.07 Å². The molecule has 1 aromatic carbocycles. The van der Waals surface area contributed by atoms with Gasteiger partial charge in [0, 0.05) is 12.6 Å². The zero-order valence-electron chi connectivity index (χ0n) is 10.1. The molecular formula is C14H17FN2. The van der Waals surface area contributed by atoms with E-state index in [1.54, 1.807) is 6.07 Å². The molecule has 1 aliphatic carbocycles. The summed E-state index contributed by atoms with van der Waals surface area (Å²) in [5.74, 6) is -0.320. The molecule has 2 rings (SSSR count). The lowest BCUT2D eigenvalue weighted by atomic mass is 10.1. The van der Waals surface area contributed by atoms with Crippen molar-refractivity contribution < 1.29 is 4.39 Å². The first-order chi connectivity index (χ1) is 8.19. The molecule has 2 nitrogen and oxygen atoms in total. The van der Waals surface area contributed by atoms with Gasteiger partial charge in [0.2, 0.25) is 0 Å². The van der Waals surface area contributed by atoms with E-state index in [1.165, 1.54) is 37.8 Å². The van der Waals surface area contributed by atoms with E-state index < -0.39 is 0 Å². The Kier molecular flexibility index (Phi) is 3.75. The Bertz CT molecular complexity index is 430. The van der Waals surface area contributed by atoms with Crippen LogP contribution in [0.2, 0.25) is 0 Å². The molecule has 17 heavy (non-hydrogen) atoms. The van der Waals surface area contributed by atoms with E-state index in [1.807, 2.05) is 6.07 Å². The first kappa shape index (κ1) is 12.1. The summed E-state index contributed by atoms with van der Waals surface area (Å²) in [6, 6.07) is 7.18. The van der Waals surface area contributed by atoms with Gasteiger partial charge in [-0.2, -0.15) is 5.26 Å². The molecule has 0 atom stereocenters. The van der Waals surface area contributed by atoms with Gasteiger partial charge >= 0.3 is 0 Å². The molecule has 1 saturated carbocycles. The third-order valence-corrected chi connectivity index (χ3v) is 3.47. The summed E-state index contributed by atoms with van der Waals surface area (Å²) in [5, 5.41) is 8.80. The highest BCUT2D eigenvalue weighted by Gasteiger charge is 2.19. The number of nitriles is 1. The zero-order chi connectivity index (χ0) is 12.3. The van der Waals surface area contributed by atoms with Crippen molar-refractivity contribution in [1.29, 1.82) is 5.26 Å². The van der Waals surface area contributed by atoms with Crippen LogP contribution in [0.15, 0.2) is 18.2 Å². The van der Waals surface area contributed by atoms with Gasteiger partial charge in [0.05, 0.1) is 11.6 Å². The van der Waals surface area contributed by atoms with Crippen molar-refractivity contribution in [3.63, 3.8) is 0 Å². The van der Waals surface area contributed by atoms with Gasteiger partial charge in [-0.25, -0.2) is 4.39 Å². The van der Waals surface area contributed by atoms with Crippen molar-refractivity contribution in [2.45, 2.75) is 38.3 Å². The molecule has 0 N–H and O–H groups in total. The zero-order valence-corrected chi connectivity index (χ0v) is 10.1. The smallest absolute Gasteiger partial charge is 0.124 e. The van der Waals surface area contributed by atoms with Crippen LogP contribution in [0.3, 0.4) is 0 Å². The standard InChI is InChI=1S/C14H17FN2/c1-17(14-4-2-3-5-14)10-12-6-11(9-16)7-13(15)8-12/h6-8,14H,2-5,10H2,1H3. The second-order valence-electron chi connectivity index (χ2n) is 4.81. The van der Waals surface area contributed by atoms with Crippen molar-refractivity contribution in [3.05, 3.63) is 35.1 Å². The molecule has 90 valence electrons. The van der Waals surface area contributed by atoms with Crippen molar-refractivity contribution >= 4 is 0 Å². The minimum Gasteiger partial charge on any atom is -0.299 e. The Morgan fingerprint density at radius 3 is 2.71 bits per heavy atom. The van der Waals surface area contributed by atoms with Crippen LogP contribution in [-0.4, -0.2) is 18.0 Å². The lowest BCUT2D eigenvalue weighted by Crippen LogP contribution is -2.28. The normalized spacial score (nSPS) is 16.4. The molecule has 0 aliphatic heterocycles. The number of nitrogens with zero attached hydrogens (tertiary/aromatic N) is 2. The molecule has 0 radical (unpaired) electrons. The summed E-state index contributed by atoms with van der Waals surface area (Å²) in [6.45, 7) is 0.719. The van der Waals surface area contributed by atoms with Crippen molar-refractivity contribution in [1.82, 2.24) is 4.90 Å². The molecule has 1 fully saturated rings. The minimum absolute atomic E-state index is 0.320. The summed E-state index contributed by atoms with van der Waals surface area (Å²) < 4.78 is 13.3. The fourth-order valence-corrected chi connectivity index (χ4v) is 2.57. The molecule has 1 aromatic rings. The van der Waals surface area contributed by atoms with Gasteiger partial charge in [0.1, 0.15) is 5.82 Å². The average Bonchev–Trinajstić information content (AvgIpc) is 2.81. The predicted molar refractivity (Wildman–Crippen MR) is 64.8 cm³/mol. The Morgan fingerprint density at radius 1 is 1.35 bits per heavy atom. The van der Waals surface area contributed by atoms with Gasteiger partial charge in [-0.05, 0) is 43.7 Å². The molecule has 0 unspecified atom stereocenters. The van der Waals surface area contributed by atoms with Crippen LogP contribution in [0.1, 0.15) is 36.8 Å². The highest BCUT2D eigenvalue weighted by Crippen LogP contribution is 2.23. The fourth-order valence-electron chi connectivity index (χ4n) is 2.57. The number of hydrogen-bond acceptors (Lipinski definition) is 2. The van der Waals surface area contributed by atoms with Gasteiger partial charge in [0.15, 0.2) is 0 Å². The first-order valence-corrected chi connectivity index (χ1v) is 6.09. The van der Waals surface area contributed by atoms with Crippen molar-refractivity contribution in [2.75, 3.05) is 7.05 Å². The maximum atomic E-state index is 13.3. The predicted octanol–water partition coefficient (Wildman–Crippen LogP) is 3.07. The number of hydrogen-bond donors (Lipinski definition) is 0. The molecule has 0 heterocycles. The van der Waals surface area contributed by atoms with Crippen LogP contribution in [-0.2, 0) is 6.54 Å². The number of benzene rings is 1. The van der Waals surface area contributed by atoms with E-state index in [0.29, 0.717) is 11.6 Å². The van der Waals surface area contributed by atoms with Crippen molar-refractivity contribution in [2.24, 2.45) is 0 Å². The van der Waals surface area contributed by atoms with Crippen LogP contribution >= 0.6 is 0 Å². The van der Waals surface area contributed by atoms with Crippen LogP contribution in [0.25, 0.3) is 0 Å².